The molecular formula is C12H22O. The molecule has 0 saturated carbocycles. The lowest BCUT2D eigenvalue weighted by atomic mass is 9.91. The largest absolute Gasteiger partial charge is 0.299 e. The summed E-state index contributed by atoms with van der Waals surface area (Å²) in [4.78, 5) is 10.1. The maximum atomic E-state index is 10.1. The molecule has 0 spiro atoms. The highest BCUT2D eigenvalue weighted by Crippen LogP contribution is 2.20. The van der Waals surface area contributed by atoms with Crippen molar-refractivity contribution in [3.05, 3.63) is 12.2 Å². The highest BCUT2D eigenvalue weighted by atomic mass is 16.1. The molecule has 2 unspecified atom stereocenters. The molecule has 0 fully saturated rings. The minimum Gasteiger partial charge on any atom is -0.299 e. The maximum Gasteiger partial charge on any atom is 0.142 e. The van der Waals surface area contributed by atoms with Crippen LogP contribution >= 0.6 is 0 Å². The van der Waals surface area contributed by atoms with E-state index in [9.17, 15) is 4.79 Å². The van der Waals surface area contributed by atoms with Crippen LogP contribution in [0.25, 0.3) is 0 Å². The second-order valence-electron chi connectivity index (χ2n) is 3.82. The summed E-state index contributed by atoms with van der Waals surface area (Å²) in [6, 6.07) is 0. The number of allylic oxidation sites excluding steroid dienone is 2. The molecule has 0 aliphatic heterocycles. The molecule has 0 amide bonds. The number of aldehydes is 1. The molecule has 1 nitrogen and oxygen atoms in total. The zero-order valence-electron chi connectivity index (χ0n) is 9.12. The Kier molecular flexibility index (Phi) is 7.66. The van der Waals surface area contributed by atoms with Gasteiger partial charge in [-0.25, -0.2) is 0 Å². The summed E-state index contributed by atoms with van der Waals surface area (Å²) in [7, 11) is 0. The lowest BCUT2D eigenvalue weighted by molar-refractivity contribution is -0.104. The molecule has 0 radical (unpaired) electrons. The van der Waals surface area contributed by atoms with E-state index in [0.29, 0.717) is 5.92 Å². The Hall–Kier alpha value is -0.590. The van der Waals surface area contributed by atoms with E-state index in [0.717, 1.165) is 18.6 Å². The summed E-state index contributed by atoms with van der Waals surface area (Å²) in [5.74, 6) is 1.37. The normalized spacial score (nSPS) is 15.9. The van der Waals surface area contributed by atoms with Crippen molar-refractivity contribution in [3.63, 3.8) is 0 Å². The Morgan fingerprint density at radius 1 is 1.31 bits per heavy atom. The highest BCUT2D eigenvalue weighted by molar-refractivity contribution is 5.64. The van der Waals surface area contributed by atoms with Gasteiger partial charge in [-0.05, 0) is 30.8 Å². The van der Waals surface area contributed by atoms with Crippen LogP contribution in [0.3, 0.4) is 0 Å². The molecule has 0 aromatic carbocycles. The third-order valence-electron chi connectivity index (χ3n) is 2.47. The number of carbonyl (C=O) groups is 1. The van der Waals surface area contributed by atoms with Crippen LogP contribution in [0.5, 0.6) is 0 Å². The van der Waals surface area contributed by atoms with Crippen LogP contribution in [0.1, 0.15) is 46.5 Å². The van der Waals surface area contributed by atoms with Gasteiger partial charge in [0.15, 0.2) is 0 Å². The molecule has 2 atom stereocenters. The third kappa shape index (κ3) is 6.56. The minimum absolute atomic E-state index is 0.590. The number of carbonyl (C=O) groups excluding carboxylic acids is 1. The van der Waals surface area contributed by atoms with E-state index in [-0.39, 0.29) is 0 Å². The van der Waals surface area contributed by atoms with Gasteiger partial charge in [0.05, 0.1) is 0 Å². The van der Waals surface area contributed by atoms with E-state index in [4.69, 9.17) is 0 Å². The van der Waals surface area contributed by atoms with Crippen molar-refractivity contribution in [2.45, 2.75) is 46.5 Å². The lowest BCUT2D eigenvalue weighted by Crippen LogP contribution is -2.03. The fourth-order valence-electron chi connectivity index (χ4n) is 1.71. The Bertz CT molecular complexity index is 149. The monoisotopic (exact) mass is 182 g/mol. The Morgan fingerprint density at radius 2 is 2.00 bits per heavy atom. The number of rotatable bonds is 7. The molecular weight excluding hydrogens is 160 g/mol. The summed E-state index contributed by atoms with van der Waals surface area (Å²) in [6.07, 6.45) is 9.45. The summed E-state index contributed by atoms with van der Waals surface area (Å²) in [6.45, 7) is 6.69. The average molecular weight is 182 g/mol. The van der Waals surface area contributed by atoms with Gasteiger partial charge in [0.25, 0.3) is 0 Å². The second-order valence-corrected chi connectivity index (χ2v) is 3.82. The lowest BCUT2D eigenvalue weighted by Gasteiger charge is -2.15. The van der Waals surface area contributed by atoms with E-state index in [1.807, 2.05) is 6.08 Å². The first-order chi connectivity index (χ1) is 6.24. The first-order valence-corrected chi connectivity index (χ1v) is 5.36. The molecule has 0 aliphatic carbocycles. The van der Waals surface area contributed by atoms with Crippen molar-refractivity contribution in [1.29, 1.82) is 0 Å². The average Bonchev–Trinajstić information content (AvgIpc) is 2.12. The first kappa shape index (κ1) is 12.4. The fourth-order valence-corrected chi connectivity index (χ4v) is 1.71. The van der Waals surface area contributed by atoms with Gasteiger partial charge in [-0.3, -0.25) is 4.79 Å². The van der Waals surface area contributed by atoms with Crippen molar-refractivity contribution in [1.82, 2.24) is 0 Å². The van der Waals surface area contributed by atoms with Crippen molar-refractivity contribution in [2.75, 3.05) is 0 Å². The van der Waals surface area contributed by atoms with E-state index in [1.54, 1.807) is 6.08 Å². The van der Waals surface area contributed by atoms with Crippen LogP contribution in [-0.4, -0.2) is 6.29 Å². The van der Waals surface area contributed by atoms with Crippen molar-refractivity contribution in [2.24, 2.45) is 11.8 Å². The van der Waals surface area contributed by atoms with Crippen LogP contribution in [0, 0.1) is 11.8 Å². The molecule has 0 saturated heterocycles. The number of hydrogen-bond donors (Lipinski definition) is 0. The van der Waals surface area contributed by atoms with Gasteiger partial charge in [0, 0.05) is 0 Å². The molecule has 0 aromatic heterocycles. The highest BCUT2D eigenvalue weighted by Gasteiger charge is 2.07. The predicted molar refractivity (Wildman–Crippen MR) is 57.7 cm³/mol. The van der Waals surface area contributed by atoms with E-state index in [1.165, 1.54) is 19.3 Å². The van der Waals surface area contributed by atoms with Gasteiger partial charge in [0.1, 0.15) is 6.29 Å². The fraction of sp³-hybridized carbons (Fsp3) is 0.750. The number of hydrogen-bond acceptors (Lipinski definition) is 1. The molecule has 1 heteroatoms. The summed E-state index contributed by atoms with van der Waals surface area (Å²) in [5, 5.41) is 0. The van der Waals surface area contributed by atoms with E-state index in [2.05, 4.69) is 20.8 Å². The molecule has 0 aromatic rings. The Labute approximate surface area is 82.2 Å². The van der Waals surface area contributed by atoms with Crippen LogP contribution in [0.15, 0.2) is 12.2 Å². The second kappa shape index (κ2) is 8.03. The van der Waals surface area contributed by atoms with Crippen molar-refractivity contribution in [3.8, 4) is 0 Å². The Morgan fingerprint density at radius 3 is 2.46 bits per heavy atom. The summed E-state index contributed by atoms with van der Waals surface area (Å²) in [5.41, 5.74) is 0. The van der Waals surface area contributed by atoms with Gasteiger partial charge >= 0.3 is 0 Å². The van der Waals surface area contributed by atoms with Crippen molar-refractivity contribution < 1.29 is 4.79 Å². The molecule has 0 aliphatic rings. The topological polar surface area (TPSA) is 17.1 Å². The van der Waals surface area contributed by atoms with Crippen LogP contribution in [0.4, 0.5) is 0 Å². The molecule has 0 bridgehead atoms. The maximum absolute atomic E-state index is 10.1. The van der Waals surface area contributed by atoms with Gasteiger partial charge in [-0.2, -0.15) is 0 Å². The van der Waals surface area contributed by atoms with Crippen LogP contribution in [-0.2, 0) is 4.79 Å². The first-order valence-electron chi connectivity index (χ1n) is 5.36. The molecule has 0 rings (SSSR count). The van der Waals surface area contributed by atoms with Gasteiger partial charge in [0.2, 0.25) is 0 Å². The quantitative estimate of drug-likeness (QED) is 0.434. The Balaban J connectivity index is 3.82. The molecule has 76 valence electrons. The van der Waals surface area contributed by atoms with Gasteiger partial charge in [-0.15, -0.1) is 0 Å². The molecule has 0 N–H and O–H groups in total. The standard InChI is InChI=1S/C12H22O/c1-4-7-11(3)10-12(5-2)8-6-9-13/h6,8-9,11-12H,4-5,7,10H2,1-3H3/b8-6+. The van der Waals surface area contributed by atoms with Crippen molar-refractivity contribution >= 4 is 6.29 Å². The zero-order valence-corrected chi connectivity index (χ0v) is 9.12. The summed E-state index contributed by atoms with van der Waals surface area (Å²) < 4.78 is 0. The smallest absolute Gasteiger partial charge is 0.142 e. The van der Waals surface area contributed by atoms with Gasteiger partial charge < -0.3 is 0 Å². The zero-order chi connectivity index (χ0) is 10.1. The third-order valence-corrected chi connectivity index (χ3v) is 2.47. The minimum atomic E-state index is 0.590. The molecule has 13 heavy (non-hydrogen) atoms. The SMILES string of the molecule is CCCC(C)CC(/C=C/C=O)CC. The van der Waals surface area contributed by atoms with E-state index >= 15 is 0 Å². The molecule has 0 heterocycles. The van der Waals surface area contributed by atoms with Gasteiger partial charge in [-0.1, -0.05) is 39.7 Å². The predicted octanol–water partition coefficient (Wildman–Crippen LogP) is 3.59. The van der Waals surface area contributed by atoms with E-state index < -0.39 is 0 Å². The van der Waals surface area contributed by atoms with Crippen LogP contribution < -0.4 is 0 Å². The van der Waals surface area contributed by atoms with Crippen LogP contribution in [0.2, 0.25) is 0 Å². The summed E-state index contributed by atoms with van der Waals surface area (Å²) >= 11 is 0.